The van der Waals surface area contributed by atoms with Gasteiger partial charge in [-0.2, -0.15) is 13.2 Å². The Balaban J connectivity index is 2.64. The first kappa shape index (κ1) is 14.0. The summed E-state index contributed by atoms with van der Waals surface area (Å²) in [6, 6.07) is 6.04. The largest absolute Gasteiger partial charge is 0.465 e. The number of pyridine rings is 1. The van der Waals surface area contributed by atoms with Gasteiger partial charge in [0.2, 0.25) is 0 Å². The quantitative estimate of drug-likeness (QED) is 0.790. The molecule has 104 valence electrons. The number of methoxy groups -OCH3 is 1. The first-order valence-corrected chi connectivity index (χ1v) is 5.63. The molecule has 0 aliphatic carbocycles. The highest BCUT2D eigenvalue weighted by molar-refractivity contribution is 5.97. The molecule has 0 amide bonds. The number of esters is 1. The summed E-state index contributed by atoms with van der Waals surface area (Å²) < 4.78 is 42.9. The van der Waals surface area contributed by atoms with Crippen LogP contribution in [-0.4, -0.2) is 18.1 Å². The van der Waals surface area contributed by atoms with Crippen LogP contribution < -0.4 is 0 Å². The van der Waals surface area contributed by atoms with Crippen molar-refractivity contribution < 1.29 is 22.7 Å². The lowest BCUT2D eigenvalue weighted by Crippen LogP contribution is -2.09. The van der Waals surface area contributed by atoms with Gasteiger partial charge >= 0.3 is 12.1 Å². The molecular weight excluding hydrogens is 271 g/mol. The van der Waals surface area contributed by atoms with Crippen LogP contribution in [0.5, 0.6) is 0 Å². The minimum atomic E-state index is -4.48. The van der Waals surface area contributed by atoms with Crippen molar-refractivity contribution in [2.45, 2.75) is 6.18 Å². The lowest BCUT2D eigenvalue weighted by atomic mass is 9.98. The maximum Gasteiger partial charge on any atom is 0.416 e. The van der Waals surface area contributed by atoms with Crippen molar-refractivity contribution in [2.75, 3.05) is 7.11 Å². The molecule has 0 aliphatic heterocycles. The predicted molar refractivity (Wildman–Crippen MR) is 66.0 cm³/mol. The number of alkyl halides is 3. The van der Waals surface area contributed by atoms with E-state index in [1.807, 2.05) is 0 Å². The number of halogens is 3. The third kappa shape index (κ3) is 2.79. The number of ether oxygens (including phenoxy) is 1. The first-order valence-electron chi connectivity index (χ1n) is 5.63. The van der Waals surface area contributed by atoms with Crippen molar-refractivity contribution in [3.05, 3.63) is 53.9 Å². The van der Waals surface area contributed by atoms with Crippen LogP contribution in [0.15, 0.2) is 42.7 Å². The van der Waals surface area contributed by atoms with E-state index in [4.69, 9.17) is 0 Å². The molecule has 0 aliphatic rings. The van der Waals surface area contributed by atoms with Gasteiger partial charge in [0.15, 0.2) is 0 Å². The van der Waals surface area contributed by atoms with Crippen LogP contribution in [0.1, 0.15) is 15.9 Å². The van der Waals surface area contributed by atoms with Crippen LogP contribution in [0.4, 0.5) is 13.2 Å². The van der Waals surface area contributed by atoms with Crippen molar-refractivity contribution in [3.63, 3.8) is 0 Å². The zero-order valence-electron chi connectivity index (χ0n) is 10.4. The third-order valence-corrected chi connectivity index (χ3v) is 2.72. The van der Waals surface area contributed by atoms with Gasteiger partial charge in [-0.15, -0.1) is 0 Å². The molecule has 0 saturated heterocycles. The summed E-state index contributed by atoms with van der Waals surface area (Å²) in [4.78, 5) is 15.5. The first-order chi connectivity index (χ1) is 9.43. The van der Waals surface area contributed by atoms with Crippen molar-refractivity contribution in [3.8, 4) is 11.1 Å². The molecule has 20 heavy (non-hydrogen) atoms. The molecule has 1 aromatic heterocycles. The van der Waals surface area contributed by atoms with E-state index in [1.54, 1.807) is 12.1 Å². The Morgan fingerprint density at radius 3 is 2.55 bits per heavy atom. The number of rotatable bonds is 2. The summed E-state index contributed by atoms with van der Waals surface area (Å²) in [7, 11) is 1.17. The number of hydrogen-bond acceptors (Lipinski definition) is 3. The highest BCUT2D eigenvalue weighted by Crippen LogP contribution is 2.34. The zero-order valence-corrected chi connectivity index (χ0v) is 10.4. The molecule has 1 heterocycles. The lowest BCUT2D eigenvalue weighted by Gasteiger charge is -2.12. The number of hydrogen-bond donors (Lipinski definition) is 0. The smallest absolute Gasteiger partial charge is 0.416 e. The normalized spacial score (nSPS) is 11.2. The van der Waals surface area contributed by atoms with Gasteiger partial charge in [0.05, 0.1) is 18.2 Å². The number of aromatic nitrogens is 1. The second-order valence-corrected chi connectivity index (χ2v) is 3.99. The van der Waals surface area contributed by atoms with E-state index in [-0.39, 0.29) is 11.1 Å². The maximum absolute atomic E-state index is 12.8. The molecule has 2 rings (SSSR count). The fraction of sp³-hybridized carbons (Fsp3) is 0.143. The zero-order chi connectivity index (χ0) is 14.8. The molecular formula is C14H10F3NO2. The van der Waals surface area contributed by atoms with Gasteiger partial charge in [0, 0.05) is 18.0 Å². The van der Waals surface area contributed by atoms with E-state index in [0.717, 1.165) is 18.2 Å². The molecule has 0 spiro atoms. The average Bonchev–Trinajstić information content (AvgIpc) is 2.46. The predicted octanol–water partition coefficient (Wildman–Crippen LogP) is 3.55. The van der Waals surface area contributed by atoms with Gasteiger partial charge in [0.25, 0.3) is 0 Å². The number of nitrogens with zero attached hydrogens (tertiary/aromatic N) is 1. The van der Waals surface area contributed by atoms with E-state index < -0.39 is 17.7 Å². The molecule has 0 N–H and O–H groups in total. The monoisotopic (exact) mass is 281 g/mol. The summed E-state index contributed by atoms with van der Waals surface area (Å²) >= 11 is 0. The van der Waals surface area contributed by atoms with Crippen LogP contribution in [0.2, 0.25) is 0 Å². The topological polar surface area (TPSA) is 39.2 Å². The van der Waals surface area contributed by atoms with E-state index >= 15 is 0 Å². The van der Waals surface area contributed by atoms with E-state index in [2.05, 4.69) is 9.72 Å². The standard InChI is InChI=1S/C14H10F3NO2/c1-20-13(19)11-5-4-10(14(15,16)17)7-12(11)9-3-2-6-18-8-9/h2-8H,1H3. The summed E-state index contributed by atoms with van der Waals surface area (Å²) in [5, 5.41) is 0. The molecule has 2 aromatic rings. The second kappa shape index (κ2) is 5.32. The van der Waals surface area contributed by atoms with E-state index in [1.165, 1.54) is 19.5 Å². The summed E-state index contributed by atoms with van der Waals surface area (Å²) in [6.07, 6.45) is -1.59. The van der Waals surface area contributed by atoms with Crippen LogP contribution in [0, 0.1) is 0 Å². The highest BCUT2D eigenvalue weighted by Gasteiger charge is 2.31. The van der Waals surface area contributed by atoms with Gasteiger partial charge in [-0.25, -0.2) is 4.79 Å². The number of benzene rings is 1. The maximum atomic E-state index is 12.8. The fourth-order valence-corrected chi connectivity index (χ4v) is 1.77. The van der Waals surface area contributed by atoms with Gasteiger partial charge in [-0.05, 0) is 29.8 Å². The SMILES string of the molecule is COC(=O)c1ccc(C(F)(F)F)cc1-c1cccnc1. The molecule has 0 radical (unpaired) electrons. The van der Waals surface area contributed by atoms with Crippen molar-refractivity contribution >= 4 is 5.97 Å². The summed E-state index contributed by atoms with van der Waals surface area (Å²) in [6.45, 7) is 0. The molecule has 0 atom stereocenters. The Hall–Kier alpha value is -2.37. The van der Waals surface area contributed by atoms with Crippen molar-refractivity contribution in [1.29, 1.82) is 0 Å². The molecule has 1 aromatic carbocycles. The van der Waals surface area contributed by atoms with Crippen LogP contribution in [-0.2, 0) is 10.9 Å². The van der Waals surface area contributed by atoms with Crippen LogP contribution in [0.25, 0.3) is 11.1 Å². The highest BCUT2D eigenvalue weighted by atomic mass is 19.4. The Morgan fingerprint density at radius 1 is 1.25 bits per heavy atom. The van der Waals surface area contributed by atoms with Gasteiger partial charge in [0.1, 0.15) is 0 Å². The Labute approximate surface area is 113 Å². The summed E-state index contributed by atoms with van der Waals surface area (Å²) in [5.41, 5.74) is -0.212. The molecule has 0 fully saturated rings. The summed E-state index contributed by atoms with van der Waals surface area (Å²) in [5.74, 6) is -0.697. The minimum Gasteiger partial charge on any atom is -0.465 e. The number of carbonyl (C=O) groups is 1. The molecule has 0 saturated carbocycles. The van der Waals surface area contributed by atoms with Gasteiger partial charge < -0.3 is 4.74 Å². The molecule has 6 heteroatoms. The van der Waals surface area contributed by atoms with E-state index in [9.17, 15) is 18.0 Å². The fourth-order valence-electron chi connectivity index (χ4n) is 1.77. The van der Waals surface area contributed by atoms with Crippen molar-refractivity contribution in [1.82, 2.24) is 4.98 Å². The van der Waals surface area contributed by atoms with Gasteiger partial charge in [-0.1, -0.05) is 6.07 Å². The average molecular weight is 281 g/mol. The third-order valence-electron chi connectivity index (χ3n) is 2.72. The van der Waals surface area contributed by atoms with Crippen molar-refractivity contribution in [2.24, 2.45) is 0 Å². The lowest BCUT2D eigenvalue weighted by molar-refractivity contribution is -0.137. The van der Waals surface area contributed by atoms with Crippen LogP contribution >= 0.6 is 0 Å². The molecule has 3 nitrogen and oxygen atoms in total. The number of carbonyl (C=O) groups excluding carboxylic acids is 1. The Kier molecular flexibility index (Phi) is 3.74. The Bertz CT molecular complexity index is 624. The molecule has 0 unspecified atom stereocenters. The molecule has 0 bridgehead atoms. The van der Waals surface area contributed by atoms with Crippen LogP contribution in [0.3, 0.4) is 0 Å². The Morgan fingerprint density at radius 2 is 2.00 bits per heavy atom. The second-order valence-electron chi connectivity index (χ2n) is 3.99. The minimum absolute atomic E-state index is 0.0634. The van der Waals surface area contributed by atoms with Gasteiger partial charge in [-0.3, -0.25) is 4.98 Å². The van der Waals surface area contributed by atoms with E-state index in [0.29, 0.717) is 5.56 Å².